The van der Waals surface area contributed by atoms with E-state index < -0.39 is 0 Å². The highest BCUT2D eigenvalue weighted by molar-refractivity contribution is 5.97. The largest absolute Gasteiger partial charge is 0.508 e. The Bertz CT molecular complexity index is 525. The molecule has 1 aromatic carbocycles. The van der Waals surface area contributed by atoms with E-state index in [4.69, 9.17) is 5.21 Å². The third-order valence-electron chi connectivity index (χ3n) is 3.56. The van der Waals surface area contributed by atoms with Crippen LogP contribution in [0.3, 0.4) is 0 Å². The number of aryl methyl sites for hydroxylation is 1. The number of piperidine rings is 1. The van der Waals surface area contributed by atoms with E-state index in [1.54, 1.807) is 24.0 Å². The molecule has 5 heteroatoms. The van der Waals surface area contributed by atoms with Gasteiger partial charge in [0.05, 0.1) is 5.71 Å². The maximum absolute atomic E-state index is 12.4. The first-order valence-electron chi connectivity index (χ1n) is 6.32. The molecule has 19 heavy (non-hydrogen) atoms. The Morgan fingerprint density at radius 3 is 2.79 bits per heavy atom. The summed E-state index contributed by atoms with van der Waals surface area (Å²) in [5.41, 5.74) is 2.11. The van der Waals surface area contributed by atoms with Crippen molar-refractivity contribution in [3.05, 3.63) is 29.3 Å². The number of nitrogens with zero attached hydrogens (tertiary/aromatic N) is 2. The van der Waals surface area contributed by atoms with Crippen molar-refractivity contribution in [3.63, 3.8) is 0 Å². The Hall–Kier alpha value is -2.04. The molecule has 102 valence electrons. The minimum absolute atomic E-state index is 0.0404. The van der Waals surface area contributed by atoms with Crippen molar-refractivity contribution >= 4 is 11.6 Å². The third kappa shape index (κ3) is 2.70. The Labute approximate surface area is 112 Å². The quantitative estimate of drug-likeness (QED) is 0.600. The van der Waals surface area contributed by atoms with Gasteiger partial charge in [0.1, 0.15) is 5.75 Å². The lowest BCUT2D eigenvalue weighted by atomic mass is 9.96. The van der Waals surface area contributed by atoms with Crippen molar-refractivity contribution in [2.75, 3.05) is 13.1 Å². The zero-order valence-corrected chi connectivity index (χ0v) is 11.1. The molecule has 1 aromatic rings. The monoisotopic (exact) mass is 262 g/mol. The number of carbonyl (C=O) groups is 1. The lowest BCUT2D eigenvalue weighted by Gasteiger charge is -2.31. The maximum Gasteiger partial charge on any atom is 0.254 e. The molecule has 2 rings (SSSR count). The van der Waals surface area contributed by atoms with Crippen LogP contribution in [-0.4, -0.2) is 39.9 Å². The Morgan fingerprint density at radius 2 is 2.21 bits per heavy atom. The van der Waals surface area contributed by atoms with E-state index in [2.05, 4.69) is 5.16 Å². The van der Waals surface area contributed by atoms with Crippen LogP contribution in [-0.2, 0) is 0 Å². The molecule has 0 aliphatic carbocycles. The van der Waals surface area contributed by atoms with Gasteiger partial charge in [-0.1, -0.05) is 12.1 Å². The molecule has 1 amide bonds. The van der Waals surface area contributed by atoms with Crippen LogP contribution in [0.2, 0.25) is 0 Å². The van der Waals surface area contributed by atoms with Crippen molar-refractivity contribution in [1.29, 1.82) is 0 Å². The number of amides is 1. The van der Waals surface area contributed by atoms with Crippen LogP contribution in [0.1, 0.15) is 29.3 Å². The van der Waals surface area contributed by atoms with E-state index in [-0.39, 0.29) is 17.6 Å². The number of phenols is 1. The normalized spacial score (nSPS) is 21.7. The smallest absolute Gasteiger partial charge is 0.254 e. The number of oxime groups is 1. The Balaban J connectivity index is 2.17. The fourth-order valence-corrected chi connectivity index (χ4v) is 2.41. The van der Waals surface area contributed by atoms with Crippen LogP contribution in [0.4, 0.5) is 0 Å². The number of likely N-dealkylation sites (tertiary alicyclic amines) is 1. The molecule has 0 bridgehead atoms. The average molecular weight is 262 g/mol. The number of rotatable bonds is 1. The summed E-state index contributed by atoms with van der Waals surface area (Å²) >= 11 is 0. The first-order valence-corrected chi connectivity index (χ1v) is 6.32. The number of hydrogen-bond donors (Lipinski definition) is 2. The van der Waals surface area contributed by atoms with Crippen LogP contribution >= 0.6 is 0 Å². The molecular weight excluding hydrogens is 244 g/mol. The zero-order valence-electron chi connectivity index (χ0n) is 11.1. The molecule has 5 nitrogen and oxygen atoms in total. The van der Waals surface area contributed by atoms with Gasteiger partial charge in [-0.2, -0.15) is 0 Å². The molecule has 2 N–H and O–H groups in total. The number of benzene rings is 1. The third-order valence-corrected chi connectivity index (χ3v) is 3.56. The molecule has 1 saturated heterocycles. The minimum atomic E-state index is -0.0404. The summed E-state index contributed by atoms with van der Waals surface area (Å²) in [4.78, 5) is 14.2. The summed E-state index contributed by atoms with van der Waals surface area (Å²) in [7, 11) is 0. The number of hydrogen-bond acceptors (Lipinski definition) is 4. The lowest BCUT2D eigenvalue weighted by Crippen LogP contribution is -2.43. The molecule has 1 fully saturated rings. The van der Waals surface area contributed by atoms with Gasteiger partial charge in [0.2, 0.25) is 0 Å². The van der Waals surface area contributed by atoms with E-state index in [1.807, 2.05) is 6.92 Å². The first-order chi connectivity index (χ1) is 9.02. The first kappa shape index (κ1) is 13.4. The highest BCUT2D eigenvalue weighted by atomic mass is 16.4. The van der Waals surface area contributed by atoms with Gasteiger partial charge in [-0.05, 0) is 30.7 Å². The highest BCUT2D eigenvalue weighted by Gasteiger charge is 2.27. The molecular formula is C14H18N2O3. The van der Waals surface area contributed by atoms with Gasteiger partial charge in [0.15, 0.2) is 0 Å². The predicted octanol–water partition coefficient (Wildman–Crippen LogP) is 2.01. The average Bonchev–Trinajstić information content (AvgIpc) is 2.38. The molecule has 0 spiro atoms. The van der Waals surface area contributed by atoms with Gasteiger partial charge in [-0.3, -0.25) is 4.79 Å². The van der Waals surface area contributed by atoms with Crippen molar-refractivity contribution < 1.29 is 15.1 Å². The standard InChI is InChI=1S/C14H18N2O3/c1-9-7-11(17)3-4-12(9)14(18)16-6-5-13(15-19)10(2)8-16/h3-4,7,10,17,19H,5-6,8H2,1-2H3/b15-13+. The van der Waals surface area contributed by atoms with E-state index >= 15 is 0 Å². The maximum atomic E-state index is 12.4. The van der Waals surface area contributed by atoms with E-state index in [0.717, 1.165) is 11.3 Å². The summed E-state index contributed by atoms with van der Waals surface area (Å²) in [6.07, 6.45) is 0.598. The van der Waals surface area contributed by atoms with E-state index in [0.29, 0.717) is 25.1 Å². The van der Waals surface area contributed by atoms with E-state index in [9.17, 15) is 9.90 Å². The SMILES string of the molecule is Cc1cc(O)ccc1C(=O)N1CC/C(=N\O)C(C)C1. The molecule has 0 aromatic heterocycles. The zero-order chi connectivity index (χ0) is 14.0. The molecule has 0 saturated carbocycles. The second-order valence-corrected chi connectivity index (χ2v) is 4.99. The fourth-order valence-electron chi connectivity index (χ4n) is 2.41. The van der Waals surface area contributed by atoms with Gasteiger partial charge in [-0.25, -0.2) is 0 Å². The summed E-state index contributed by atoms with van der Waals surface area (Å²) in [6, 6.07) is 4.75. The lowest BCUT2D eigenvalue weighted by molar-refractivity contribution is 0.0733. The van der Waals surface area contributed by atoms with Crippen LogP contribution in [0, 0.1) is 12.8 Å². The Kier molecular flexibility index (Phi) is 3.74. The second kappa shape index (κ2) is 5.30. The summed E-state index contributed by atoms with van der Waals surface area (Å²) in [5, 5.41) is 21.5. The number of carbonyl (C=O) groups excluding carboxylic acids is 1. The van der Waals surface area contributed by atoms with Crippen molar-refractivity contribution in [2.45, 2.75) is 20.3 Å². The summed E-state index contributed by atoms with van der Waals surface area (Å²) in [5.74, 6) is 0.192. The van der Waals surface area contributed by atoms with Crippen LogP contribution in [0.15, 0.2) is 23.4 Å². The minimum Gasteiger partial charge on any atom is -0.508 e. The molecule has 1 atom stereocenters. The molecule has 1 aliphatic heterocycles. The van der Waals surface area contributed by atoms with Crippen LogP contribution in [0.5, 0.6) is 5.75 Å². The number of aromatic hydroxyl groups is 1. The predicted molar refractivity (Wildman–Crippen MR) is 71.7 cm³/mol. The molecule has 1 aliphatic rings. The van der Waals surface area contributed by atoms with Crippen molar-refractivity contribution in [1.82, 2.24) is 4.90 Å². The van der Waals surface area contributed by atoms with Crippen LogP contribution < -0.4 is 0 Å². The van der Waals surface area contributed by atoms with Crippen LogP contribution in [0.25, 0.3) is 0 Å². The van der Waals surface area contributed by atoms with Crippen molar-refractivity contribution in [2.24, 2.45) is 11.1 Å². The van der Waals surface area contributed by atoms with Crippen molar-refractivity contribution in [3.8, 4) is 5.75 Å². The summed E-state index contributed by atoms with van der Waals surface area (Å²) in [6.45, 7) is 4.86. The highest BCUT2D eigenvalue weighted by Crippen LogP contribution is 2.20. The summed E-state index contributed by atoms with van der Waals surface area (Å²) < 4.78 is 0. The molecule has 1 heterocycles. The van der Waals surface area contributed by atoms with Gasteiger partial charge in [0, 0.05) is 31.0 Å². The van der Waals surface area contributed by atoms with Gasteiger partial charge in [-0.15, -0.1) is 0 Å². The number of phenolic OH excluding ortho intramolecular Hbond substituents is 1. The van der Waals surface area contributed by atoms with E-state index in [1.165, 1.54) is 6.07 Å². The van der Waals surface area contributed by atoms with Gasteiger partial charge < -0.3 is 15.2 Å². The van der Waals surface area contributed by atoms with Gasteiger partial charge >= 0.3 is 0 Å². The Morgan fingerprint density at radius 1 is 1.47 bits per heavy atom. The fraction of sp³-hybridized carbons (Fsp3) is 0.429. The molecule has 0 radical (unpaired) electrons. The van der Waals surface area contributed by atoms with Gasteiger partial charge in [0.25, 0.3) is 5.91 Å². The second-order valence-electron chi connectivity index (χ2n) is 4.99. The molecule has 1 unspecified atom stereocenters. The topological polar surface area (TPSA) is 73.1 Å².